The first-order valence-corrected chi connectivity index (χ1v) is 8.32. The van der Waals surface area contributed by atoms with Crippen LogP contribution in [0.1, 0.15) is 22.5 Å². The van der Waals surface area contributed by atoms with E-state index in [-0.39, 0.29) is 17.6 Å². The van der Waals surface area contributed by atoms with Crippen LogP contribution in [0.15, 0.2) is 30.3 Å². The van der Waals surface area contributed by atoms with Gasteiger partial charge in [-0.05, 0) is 35.9 Å². The van der Waals surface area contributed by atoms with Crippen LogP contribution in [0.3, 0.4) is 0 Å². The summed E-state index contributed by atoms with van der Waals surface area (Å²) in [5, 5.41) is 0. The van der Waals surface area contributed by atoms with Crippen molar-refractivity contribution in [3.05, 3.63) is 47.4 Å². The summed E-state index contributed by atoms with van der Waals surface area (Å²) >= 11 is 0. The van der Waals surface area contributed by atoms with E-state index in [4.69, 9.17) is 0 Å². The maximum atomic E-state index is 13.2. The first-order chi connectivity index (χ1) is 11.9. The minimum absolute atomic E-state index is 0.0126. The molecule has 2 aromatic rings. The van der Waals surface area contributed by atoms with Crippen molar-refractivity contribution < 1.29 is 14.0 Å². The van der Waals surface area contributed by atoms with E-state index in [1.54, 1.807) is 31.1 Å². The molecule has 25 heavy (non-hydrogen) atoms. The van der Waals surface area contributed by atoms with Gasteiger partial charge in [-0.1, -0.05) is 0 Å². The van der Waals surface area contributed by atoms with Gasteiger partial charge in [0.15, 0.2) is 0 Å². The zero-order chi connectivity index (χ0) is 18.1. The van der Waals surface area contributed by atoms with Crippen LogP contribution < -0.4 is 0 Å². The minimum atomic E-state index is -0.282. The topological polar surface area (TPSA) is 45.6 Å². The summed E-state index contributed by atoms with van der Waals surface area (Å²) in [5.41, 5.74) is 3.43. The minimum Gasteiger partial charge on any atom is -0.349 e. The number of halogens is 1. The van der Waals surface area contributed by atoms with Crippen LogP contribution in [0.2, 0.25) is 0 Å². The third-order valence-electron chi connectivity index (χ3n) is 4.73. The highest BCUT2D eigenvalue weighted by molar-refractivity contribution is 5.98. The highest BCUT2D eigenvalue weighted by Gasteiger charge is 2.28. The van der Waals surface area contributed by atoms with E-state index < -0.39 is 0 Å². The number of carbonyl (C=O) groups excluding carboxylic acids is 2. The number of carbonyl (C=O) groups is 2. The van der Waals surface area contributed by atoms with Crippen molar-refractivity contribution in [2.45, 2.75) is 12.8 Å². The number of nitrogens with zero attached hydrogens (tertiary/aromatic N) is 3. The van der Waals surface area contributed by atoms with Crippen LogP contribution in [0.4, 0.5) is 4.39 Å². The molecule has 0 radical (unpaired) electrons. The van der Waals surface area contributed by atoms with Crippen molar-refractivity contribution in [3.63, 3.8) is 0 Å². The van der Waals surface area contributed by atoms with Gasteiger partial charge in [0.05, 0.1) is 5.56 Å². The van der Waals surface area contributed by atoms with E-state index in [1.807, 2.05) is 17.7 Å². The molecular formula is C19H22FN3O2. The van der Waals surface area contributed by atoms with Crippen molar-refractivity contribution in [2.75, 3.05) is 27.2 Å². The third-order valence-corrected chi connectivity index (χ3v) is 4.73. The average Bonchev–Trinajstić information content (AvgIpc) is 2.92. The Morgan fingerprint density at radius 2 is 1.92 bits per heavy atom. The van der Waals surface area contributed by atoms with Gasteiger partial charge in [0.25, 0.3) is 5.91 Å². The lowest BCUT2D eigenvalue weighted by atomic mass is 10.1. The maximum Gasteiger partial charge on any atom is 0.255 e. The number of amides is 2. The fourth-order valence-corrected chi connectivity index (χ4v) is 3.21. The summed E-state index contributed by atoms with van der Waals surface area (Å²) < 4.78 is 15.2. The molecule has 0 saturated carbocycles. The molecule has 0 spiro atoms. The number of hydrogen-bond donors (Lipinski definition) is 0. The van der Waals surface area contributed by atoms with Gasteiger partial charge in [-0.2, -0.15) is 0 Å². The Morgan fingerprint density at radius 3 is 2.56 bits per heavy atom. The number of fused-ring (bicyclic) bond motifs is 1. The monoisotopic (exact) mass is 343 g/mol. The van der Waals surface area contributed by atoms with Crippen LogP contribution in [0.25, 0.3) is 11.3 Å². The van der Waals surface area contributed by atoms with E-state index in [0.29, 0.717) is 25.1 Å². The summed E-state index contributed by atoms with van der Waals surface area (Å²) in [6.07, 6.45) is 1.07. The zero-order valence-corrected chi connectivity index (χ0v) is 14.8. The lowest BCUT2D eigenvalue weighted by Crippen LogP contribution is -2.40. The number of aromatic nitrogens is 1. The second-order valence-corrected chi connectivity index (χ2v) is 6.54. The lowest BCUT2D eigenvalue weighted by molar-refractivity contribution is -0.128. The molecule has 3 rings (SSSR count). The van der Waals surface area contributed by atoms with Crippen molar-refractivity contribution in [1.29, 1.82) is 0 Å². The van der Waals surface area contributed by atoms with Crippen molar-refractivity contribution in [2.24, 2.45) is 7.05 Å². The summed E-state index contributed by atoms with van der Waals surface area (Å²) in [5.74, 6) is -0.314. The van der Waals surface area contributed by atoms with Gasteiger partial charge in [-0.25, -0.2) is 4.39 Å². The molecular weight excluding hydrogens is 321 g/mol. The highest BCUT2D eigenvalue weighted by Crippen LogP contribution is 2.29. The molecule has 132 valence electrons. The van der Waals surface area contributed by atoms with Gasteiger partial charge < -0.3 is 14.4 Å². The van der Waals surface area contributed by atoms with Crippen LogP contribution in [-0.4, -0.2) is 53.4 Å². The fourth-order valence-electron chi connectivity index (χ4n) is 3.21. The molecule has 0 unspecified atom stereocenters. The molecule has 2 heterocycles. The normalized spacial score (nSPS) is 13.8. The Bertz CT molecular complexity index is 809. The standard InChI is InChI=1S/C19H22FN3O2/c1-21(2)18(24)9-11-23-10-8-16-15(19(23)25)12-17(22(16)3)13-4-6-14(20)7-5-13/h4-7,12H,8-11H2,1-3H3. The van der Waals surface area contributed by atoms with Crippen LogP contribution in [0.5, 0.6) is 0 Å². The first-order valence-electron chi connectivity index (χ1n) is 8.32. The molecule has 0 saturated heterocycles. The average molecular weight is 343 g/mol. The molecule has 0 fully saturated rings. The Morgan fingerprint density at radius 1 is 1.24 bits per heavy atom. The Hall–Kier alpha value is -2.63. The van der Waals surface area contributed by atoms with Gasteiger partial charge >= 0.3 is 0 Å². The van der Waals surface area contributed by atoms with Crippen LogP contribution >= 0.6 is 0 Å². The van der Waals surface area contributed by atoms with Crippen molar-refractivity contribution in [1.82, 2.24) is 14.4 Å². The largest absolute Gasteiger partial charge is 0.349 e. The Kier molecular flexibility index (Phi) is 4.61. The number of benzene rings is 1. The molecule has 0 aliphatic carbocycles. The summed E-state index contributed by atoms with van der Waals surface area (Å²) in [6, 6.07) is 8.14. The molecule has 2 amide bonds. The molecule has 5 nitrogen and oxygen atoms in total. The van der Waals surface area contributed by atoms with Crippen LogP contribution in [-0.2, 0) is 18.3 Å². The van der Waals surface area contributed by atoms with E-state index >= 15 is 0 Å². The van der Waals surface area contributed by atoms with E-state index in [0.717, 1.165) is 23.4 Å². The molecule has 0 bridgehead atoms. The maximum absolute atomic E-state index is 13.2. The van der Waals surface area contributed by atoms with Crippen LogP contribution in [0, 0.1) is 5.82 Å². The Labute approximate surface area is 146 Å². The summed E-state index contributed by atoms with van der Waals surface area (Å²) in [4.78, 5) is 27.8. The molecule has 1 aliphatic heterocycles. The summed E-state index contributed by atoms with van der Waals surface area (Å²) in [7, 11) is 5.35. The second kappa shape index (κ2) is 6.70. The van der Waals surface area contributed by atoms with E-state index in [2.05, 4.69) is 0 Å². The van der Waals surface area contributed by atoms with Gasteiger partial charge in [0.1, 0.15) is 5.82 Å². The van der Waals surface area contributed by atoms with Gasteiger partial charge in [-0.15, -0.1) is 0 Å². The lowest BCUT2D eigenvalue weighted by Gasteiger charge is -2.27. The van der Waals surface area contributed by atoms with Gasteiger partial charge in [-0.3, -0.25) is 9.59 Å². The molecule has 1 aromatic heterocycles. The smallest absolute Gasteiger partial charge is 0.255 e. The van der Waals surface area contributed by atoms with E-state index in [1.165, 1.54) is 17.0 Å². The quantitative estimate of drug-likeness (QED) is 0.855. The van der Waals surface area contributed by atoms with Gasteiger partial charge in [0, 0.05) is 58.5 Å². The first kappa shape index (κ1) is 17.2. The zero-order valence-electron chi connectivity index (χ0n) is 14.8. The SMILES string of the molecule is CN(C)C(=O)CCN1CCc2c(cc(-c3ccc(F)cc3)n2C)C1=O. The third kappa shape index (κ3) is 3.29. The Balaban J connectivity index is 1.83. The molecule has 1 aliphatic rings. The second-order valence-electron chi connectivity index (χ2n) is 6.54. The van der Waals surface area contributed by atoms with E-state index in [9.17, 15) is 14.0 Å². The van der Waals surface area contributed by atoms with Crippen molar-refractivity contribution >= 4 is 11.8 Å². The summed E-state index contributed by atoms with van der Waals surface area (Å²) in [6.45, 7) is 1.03. The molecule has 1 aromatic carbocycles. The fraction of sp³-hybridized carbons (Fsp3) is 0.368. The highest BCUT2D eigenvalue weighted by atomic mass is 19.1. The number of hydrogen-bond acceptors (Lipinski definition) is 2. The predicted octanol–water partition coefficient (Wildman–Crippen LogP) is 2.31. The molecule has 0 N–H and O–H groups in total. The molecule has 6 heteroatoms. The van der Waals surface area contributed by atoms with Gasteiger partial charge in [0.2, 0.25) is 5.91 Å². The van der Waals surface area contributed by atoms with Crippen molar-refractivity contribution in [3.8, 4) is 11.3 Å². The predicted molar refractivity (Wildman–Crippen MR) is 93.7 cm³/mol. The molecule has 0 atom stereocenters. The number of rotatable bonds is 4.